The van der Waals surface area contributed by atoms with Gasteiger partial charge in [-0.2, -0.15) is 0 Å². The normalized spacial score (nSPS) is 17.4. The number of hydrogen-bond acceptors (Lipinski definition) is 3. The highest BCUT2D eigenvalue weighted by Gasteiger charge is 2.31. The van der Waals surface area contributed by atoms with Crippen molar-refractivity contribution in [2.24, 2.45) is 0 Å². The molecule has 3 heteroatoms. The number of ketones is 2. The quantitative estimate of drug-likeness (QED) is 0.755. The van der Waals surface area contributed by atoms with Crippen LogP contribution in [-0.4, -0.2) is 17.6 Å². The molecule has 1 fully saturated rings. The van der Waals surface area contributed by atoms with Gasteiger partial charge in [0.15, 0.2) is 11.6 Å². The molecule has 0 amide bonds. The molecular formula is C21H21NO2. The Hall–Kier alpha value is -2.42. The van der Waals surface area contributed by atoms with E-state index in [4.69, 9.17) is 0 Å². The molecule has 0 saturated heterocycles. The first-order valence-corrected chi connectivity index (χ1v) is 8.75. The van der Waals surface area contributed by atoms with E-state index in [9.17, 15) is 9.59 Å². The van der Waals surface area contributed by atoms with Crippen LogP contribution in [0.25, 0.3) is 0 Å². The minimum absolute atomic E-state index is 0.0370. The lowest BCUT2D eigenvalue weighted by Gasteiger charge is -2.27. The summed E-state index contributed by atoms with van der Waals surface area (Å²) in [6.07, 6.45) is 6.17. The second-order valence-electron chi connectivity index (χ2n) is 6.84. The summed E-state index contributed by atoms with van der Waals surface area (Å²) in [6.45, 7) is 1.95. The molecule has 0 bridgehead atoms. The van der Waals surface area contributed by atoms with Crippen LogP contribution in [0.5, 0.6) is 0 Å². The Morgan fingerprint density at radius 3 is 2.21 bits per heavy atom. The van der Waals surface area contributed by atoms with Crippen LogP contribution in [0.3, 0.4) is 0 Å². The summed E-state index contributed by atoms with van der Waals surface area (Å²) in [5.41, 5.74) is 4.02. The predicted molar refractivity (Wildman–Crippen MR) is 95.0 cm³/mol. The van der Waals surface area contributed by atoms with E-state index < -0.39 is 0 Å². The summed E-state index contributed by atoms with van der Waals surface area (Å²) in [4.78, 5) is 25.7. The summed E-state index contributed by atoms with van der Waals surface area (Å²) >= 11 is 0. The molecule has 2 aromatic carbocycles. The molecule has 0 radical (unpaired) electrons. The average Bonchev–Trinajstić information content (AvgIpc) is 2.62. The maximum atomic E-state index is 12.9. The van der Waals surface area contributed by atoms with Crippen molar-refractivity contribution >= 4 is 17.3 Å². The molecule has 2 aliphatic rings. The first-order valence-electron chi connectivity index (χ1n) is 8.75. The fraction of sp³-hybridized carbons (Fsp3) is 0.333. The highest BCUT2D eigenvalue weighted by molar-refractivity contribution is 6.29. The van der Waals surface area contributed by atoms with Crippen LogP contribution in [-0.2, 0) is 0 Å². The lowest BCUT2D eigenvalue weighted by molar-refractivity contribution is 0.0978. The van der Waals surface area contributed by atoms with E-state index in [0.29, 0.717) is 28.3 Å². The zero-order valence-electron chi connectivity index (χ0n) is 13.9. The second-order valence-corrected chi connectivity index (χ2v) is 6.84. The lowest BCUT2D eigenvalue weighted by Crippen LogP contribution is -2.25. The molecule has 2 aromatic rings. The standard InChI is InChI=1S/C21H21NO2/c1-13-18(22-14-7-3-2-4-8-14)12-11-17-19(13)21(24)16-10-6-5-9-15(16)20(17)23/h5-6,9-12,14,22H,2-4,7-8H2,1H3. The average molecular weight is 319 g/mol. The highest BCUT2D eigenvalue weighted by Crippen LogP contribution is 2.33. The fourth-order valence-electron chi connectivity index (χ4n) is 3.98. The van der Waals surface area contributed by atoms with Gasteiger partial charge in [0, 0.05) is 34.0 Å². The van der Waals surface area contributed by atoms with Crippen LogP contribution in [0, 0.1) is 6.92 Å². The summed E-state index contributed by atoms with van der Waals surface area (Å²) in [5, 5.41) is 3.60. The molecule has 122 valence electrons. The molecule has 4 rings (SSSR count). The Labute approximate surface area is 142 Å². The van der Waals surface area contributed by atoms with Crippen molar-refractivity contribution in [3.63, 3.8) is 0 Å². The van der Waals surface area contributed by atoms with Crippen LogP contribution < -0.4 is 5.32 Å². The van der Waals surface area contributed by atoms with Crippen molar-refractivity contribution in [1.29, 1.82) is 0 Å². The van der Waals surface area contributed by atoms with E-state index >= 15 is 0 Å². The summed E-state index contributed by atoms with van der Waals surface area (Å²) in [7, 11) is 0. The smallest absolute Gasteiger partial charge is 0.194 e. The van der Waals surface area contributed by atoms with Gasteiger partial charge in [-0.15, -0.1) is 0 Å². The number of carbonyl (C=O) groups is 2. The van der Waals surface area contributed by atoms with Crippen molar-refractivity contribution < 1.29 is 9.59 Å². The van der Waals surface area contributed by atoms with Crippen LogP contribution in [0.2, 0.25) is 0 Å². The molecule has 0 aliphatic heterocycles. The lowest BCUT2D eigenvalue weighted by atomic mass is 9.81. The van der Waals surface area contributed by atoms with Gasteiger partial charge < -0.3 is 5.32 Å². The molecule has 1 N–H and O–H groups in total. The number of benzene rings is 2. The second kappa shape index (κ2) is 5.90. The van der Waals surface area contributed by atoms with E-state index in [1.165, 1.54) is 32.1 Å². The van der Waals surface area contributed by atoms with Gasteiger partial charge in [0.2, 0.25) is 0 Å². The first kappa shape index (κ1) is 15.1. The minimum Gasteiger partial charge on any atom is -0.382 e. The Kier molecular flexibility index (Phi) is 3.72. The molecule has 2 aliphatic carbocycles. The van der Waals surface area contributed by atoms with Crippen molar-refractivity contribution in [3.05, 3.63) is 64.2 Å². The summed E-state index contributed by atoms with van der Waals surface area (Å²) in [5.74, 6) is -0.0856. The largest absolute Gasteiger partial charge is 0.382 e. The molecule has 0 aromatic heterocycles. The number of fused-ring (bicyclic) bond motifs is 2. The van der Waals surface area contributed by atoms with Crippen LogP contribution >= 0.6 is 0 Å². The molecule has 0 heterocycles. The Balaban J connectivity index is 1.75. The number of hydrogen-bond donors (Lipinski definition) is 1. The van der Waals surface area contributed by atoms with Crippen LogP contribution in [0.1, 0.15) is 69.5 Å². The third kappa shape index (κ3) is 2.35. The van der Waals surface area contributed by atoms with Crippen LogP contribution in [0.15, 0.2) is 36.4 Å². The third-order valence-electron chi connectivity index (χ3n) is 5.32. The molecule has 0 atom stereocenters. The summed E-state index contributed by atoms with van der Waals surface area (Å²) < 4.78 is 0. The van der Waals surface area contributed by atoms with Crippen molar-refractivity contribution in [1.82, 2.24) is 0 Å². The number of anilines is 1. The highest BCUT2D eigenvalue weighted by atomic mass is 16.1. The topological polar surface area (TPSA) is 46.2 Å². The SMILES string of the molecule is Cc1c(NC2CCCCC2)ccc2c1C(=O)c1ccccc1C2=O. The molecule has 0 unspecified atom stereocenters. The van der Waals surface area contributed by atoms with Crippen molar-refractivity contribution in [2.45, 2.75) is 45.1 Å². The number of carbonyl (C=O) groups excluding carboxylic acids is 2. The number of rotatable bonds is 2. The van der Waals surface area contributed by atoms with E-state index in [1.807, 2.05) is 25.1 Å². The zero-order valence-corrected chi connectivity index (χ0v) is 13.9. The van der Waals surface area contributed by atoms with Gasteiger partial charge in [-0.05, 0) is 37.5 Å². The van der Waals surface area contributed by atoms with Gasteiger partial charge in [0.1, 0.15) is 0 Å². The Morgan fingerprint density at radius 2 is 1.50 bits per heavy atom. The minimum atomic E-state index is -0.0486. The first-order chi connectivity index (χ1) is 11.7. The van der Waals surface area contributed by atoms with Crippen molar-refractivity contribution in [2.75, 3.05) is 5.32 Å². The van der Waals surface area contributed by atoms with Gasteiger partial charge in [-0.1, -0.05) is 43.5 Å². The van der Waals surface area contributed by atoms with Gasteiger partial charge >= 0.3 is 0 Å². The van der Waals surface area contributed by atoms with Gasteiger partial charge in [0.05, 0.1) is 0 Å². The van der Waals surface area contributed by atoms with E-state index in [-0.39, 0.29) is 11.6 Å². The molecular weight excluding hydrogens is 298 g/mol. The van der Waals surface area contributed by atoms with E-state index in [2.05, 4.69) is 5.32 Å². The van der Waals surface area contributed by atoms with Crippen LogP contribution in [0.4, 0.5) is 5.69 Å². The fourth-order valence-corrected chi connectivity index (χ4v) is 3.98. The maximum Gasteiger partial charge on any atom is 0.194 e. The van der Waals surface area contributed by atoms with Gasteiger partial charge in [-0.25, -0.2) is 0 Å². The Bertz CT molecular complexity index is 832. The third-order valence-corrected chi connectivity index (χ3v) is 5.32. The Morgan fingerprint density at radius 1 is 0.833 bits per heavy atom. The molecule has 1 saturated carbocycles. The monoisotopic (exact) mass is 319 g/mol. The van der Waals surface area contributed by atoms with Gasteiger partial charge in [0.25, 0.3) is 0 Å². The molecule has 3 nitrogen and oxygen atoms in total. The molecule has 0 spiro atoms. The van der Waals surface area contributed by atoms with E-state index in [0.717, 1.165) is 11.3 Å². The predicted octanol–water partition coefficient (Wildman–Crippen LogP) is 4.52. The zero-order chi connectivity index (χ0) is 16.7. The molecule has 24 heavy (non-hydrogen) atoms. The number of nitrogens with one attached hydrogen (secondary N) is 1. The van der Waals surface area contributed by atoms with Gasteiger partial charge in [-0.3, -0.25) is 9.59 Å². The summed E-state index contributed by atoms with van der Waals surface area (Å²) in [6, 6.07) is 11.3. The maximum absolute atomic E-state index is 12.9. The van der Waals surface area contributed by atoms with E-state index in [1.54, 1.807) is 18.2 Å². The van der Waals surface area contributed by atoms with Crippen molar-refractivity contribution in [3.8, 4) is 0 Å².